The Balaban J connectivity index is 1.89. The smallest absolute Gasteiger partial charge is 0.320 e. The number of amides is 2. The van der Waals surface area contributed by atoms with Gasteiger partial charge < -0.3 is 20.0 Å². The molecule has 2 N–H and O–H groups in total. The zero-order valence-corrected chi connectivity index (χ0v) is 12.0. The van der Waals surface area contributed by atoms with E-state index in [4.69, 9.17) is 5.11 Å². The lowest BCUT2D eigenvalue weighted by atomic mass is 9.82. The quantitative estimate of drug-likeness (QED) is 0.811. The number of urea groups is 1. The molecule has 6 nitrogen and oxygen atoms in total. The van der Waals surface area contributed by atoms with E-state index in [-0.39, 0.29) is 24.6 Å². The maximum absolute atomic E-state index is 12.4. The van der Waals surface area contributed by atoms with E-state index < -0.39 is 5.97 Å². The highest BCUT2D eigenvalue weighted by molar-refractivity contribution is 5.76. The van der Waals surface area contributed by atoms with Crippen molar-refractivity contribution in [1.29, 1.82) is 0 Å². The normalized spacial score (nSPS) is 29.7. The van der Waals surface area contributed by atoms with Gasteiger partial charge in [-0.3, -0.25) is 4.79 Å². The van der Waals surface area contributed by atoms with Gasteiger partial charge in [0.1, 0.15) is 0 Å². The topological polar surface area (TPSA) is 81.1 Å². The zero-order chi connectivity index (χ0) is 14.7. The van der Waals surface area contributed by atoms with E-state index in [9.17, 15) is 14.7 Å². The Bertz CT molecular complexity index is 368. The first-order chi connectivity index (χ1) is 9.47. The number of hydrogen-bond acceptors (Lipinski definition) is 3. The molecule has 2 amide bonds. The van der Waals surface area contributed by atoms with Crippen LogP contribution in [0.5, 0.6) is 0 Å². The molecule has 2 aliphatic rings. The predicted molar refractivity (Wildman–Crippen MR) is 73.4 cm³/mol. The first-order valence-corrected chi connectivity index (χ1v) is 7.39. The Labute approximate surface area is 119 Å². The van der Waals surface area contributed by atoms with Gasteiger partial charge in [0.2, 0.25) is 0 Å². The summed E-state index contributed by atoms with van der Waals surface area (Å²) in [5, 5.41) is 18.2. The van der Waals surface area contributed by atoms with Crippen LogP contribution in [0.1, 0.15) is 38.5 Å². The summed E-state index contributed by atoms with van der Waals surface area (Å²) in [7, 11) is 1.76. The summed E-state index contributed by atoms with van der Waals surface area (Å²) in [6.07, 6.45) is 4.04. The highest BCUT2D eigenvalue weighted by Crippen LogP contribution is 2.28. The molecule has 1 saturated carbocycles. The fourth-order valence-electron chi connectivity index (χ4n) is 3.20. The molecule has 1 heterocycles. The van der Waals surface area contributed by atoms with Gasteiger partial charge in [-0.25, -0.2) is 4.79 Å². The molecule has 0 aromatic rings. The van der Waals surface area contributed by atoms with Crippen molar-refractivity contribution in [3.8, 4) is 0 Å². The summed E-state index contributed by atoms with van der Waals surface area (Å²) >= 11 is 0. The summed E-state index contributed by atoms with van der Waals surface area (Å²) in [6.45, 7) is 1.29. The minimum absolute atomic E-state index is 0.0295. The van der Waals surface area contributed by atoms with Crippen LogP contribution in [0.4, 0.5) is 4.79 Å². The van der Waals surface area contributed by atoms with Gasteiger partial charge in [0.15, 0.2) is 0 Å². The molecule has 20 heavy (non-hydrogen) atoms. The number of carboxylic acids is 1. The number of piperidine rings is 1. The zero-order valence-electron chi connectivity index (χ0n) is 12.0. The molecule has 2 fully saturated rings. The van der Waals surface area contributed by atoms with E-state index in [0.29, 0.717) is 19.0 Å². The average molecular weight is 284 g/mol. The summed E-state index contributed by atoms with van der Waals surface area (Å²) in [4.78, 5) is 26.7. The van der Waals surface area contributed by atoms with E-state index >= 15 is 0 Å². The molecule has 1 saturated heterocycles. The fraction of sp³-hybridized carbons (Fsp3) is 0.857. The number of aliphatic hydroxyl groups is 1. The number of nitrogens with zero attached hydrogens (tertiary/aromatic N) is 2. The maximum Gasteiger partial charge on any atom is 0.320 e. The average Bonchev–Trinajstić information content (AvgIpc) is 2.36. The third-order valence-electron chi connectivity index (χ3n) is 4.35. The van der Waals surface area contributed by atoms with E-state index in [1.54, 1.807) is 16.8 Å². The van der Waals surface area contributed by atoms with Crippen LogP contribution in [-0.4, -0.2) is 64.3 Å². The molecule has 2 rings (SSSR count). The molecule has 0 aromatic carbocycles. The van der Waals surface area contributed by atoms with Crippen molar-refractivity contribution in [2.24, 2.45) is 5.92 Å². The highest BCUT2D eigenvalue weighted by atomic mass is 16.4. The largest absolute Gasteiger partial charge is 0.481 e. The number of aliphatic hydroxyl groups excluding tert-OH is 1. The van der Waals surface area contributed by atoms with Crippen LogP contribution >= 0.6 is 0 Å². The van der Waals surface area contributed by atoms with Gasteiger partial charge in [-0.05, 0) is 38.0 Å². The molecule has 0 bridgehead atoms. The lowest BCUT2D eigenvalue weighted by Crippen LogP contribution is -2.51. The summed E-state index contributed by atoms with van der Waals surface area (Å²) in [5.74, 6) is -0.471. The van der Waals surface area contributed by atoms with Gasteiger partial charge >= 0.3 is 12.0 Å². The second-order valence-electron chi connectivity index (χ2n) is 6.10. The minimum atomic E-state index is -0.848. The molecule has 1 aliphatic carbocycles. The molecular formula is C14H24N2O4. The third kappa shape index (κ3) is 3.62. The van der Waals surface area contributed by atoms with Crippen LogP contribution in [0.2, 0.25) is 0 Å². The SMILES string of the molecule is CN(CC1CC(O)C1)C(=O)N1CCCCC1CC(=O)O. The number of likely N-dealkylation sites (tertiary alicyclic amines) is 1. The molecule has 0 spiro atoms. The lowest BCUT2D eigenvalue weighted by Gasteiger charge is -2.40. The summed E-state index contributed by atoms with van der Waals surface area (Å²) < 4.78 is 0. The monoisotopic (exact) mass is 284 g/mol. The predicted octanol–water partition coefficient (Wildman–Crippen LogP) is 1.14. The number of rotatable bonds is 4. The van der Waals surface area contributed by atoms with Crippen molar-refractivity contribution < 1.29 is 19.8 Å². The Morgan fingerprint density at radius 1 is 1.30 bits per heavy atom. The van der Waals surface area contributed by atoms with Gasteiger partial charge in [0, 0.05) is 26.2 Å². The third-order valence-corrected chi connectivity index (χ3v) is 4.35. The molecule has 114 valence electrons. The van der Waals surface area contributed by atoms with E-state index in [1.807, 2.05) is 0 Å². The molecule has 1 aliphatic heterocycles. The summed E-state index contributed by atoms with van der Waals surface area (Å²) in [6, 6.07) is -0.250. The molecule has 0 radical (unpaired) electrons. The first kappa shape index (κ1) is 15.1. The second kappa shape index (κ2) is 6.43. The van der Waals surface area contributed by atoms with Crippen molar-refractivity contribution in [2.75, 3.05) is 20.1 Å². The lowest BCUT2D eigenvalue weighted by molar-refractivity contribution is -0.138. The van der Waals surface area contributed by atoms with Crippen LogP contribution in [0.3, 0.4) is 0 Å². The van der Waals surface area contributed by atoms with Crippen molar-refractivity contribution in [3.63, 3.8) is 0 Å². The van der Waals surface area contributed by atoms with E-state index in [0.717, 1.165) is 32.1 Å². The number of hydrogen-bond donors (Lipinski definition) is 2. The second-order valence-corrected chi connectivity index (χ2v) is 6.10. The van der Waals surface area contributed by atoms with E-state index in [2.05, 4.69) is 0 Å². The Morgan fingerprint density at radius 3 is 2.60 bits per heavy atom. The summed E-state index contributed by atoms with van der Waals surface area (Å²) in [5.41, 5.74) is 0. The minimum Gasteiger partial charge on any atom is -0.481 e. The van der Waals surface area contributed by atoms with Gasteiger partial charge in [-0.2, -0.15) is 0 Å². The number of carbonyl (C=O) groups excluding carboxylic acids is 1. The van der Waals surface area contributed by atoms with Crippen molar-refractivity contribution in [2.45, 2.75) is 50.7 Å². The Kier molecular flexibility index (Phi) is 4.86. The van der Waals surface area contributed by atoms with Crippen molar-refractivity contribution in [3.05, 3.63) is 0 Å². The van der Waals surface area contributed by atoms with Gasteiger partial charge in [0.05, 0.1) is 12.5 Å². The molecule has 0 aromatic heterocycles. The van der Waals surface area contributed by atoms with Crippen LogP contribution in [0, 0.1) is 5.92 Å². The first-order valence-electron chi connectivity index (χ1n) is 7.39. The van der Waals surface area contributed by atoms with Crippen LogP contribution in [0.15, 0.2) is 0 Å². The maximum atomic E-state index is 12.4. The van der Waals surface area contributed by atoms with Crippen LogP contribution in [-0.2, 0) is 4.79 Å². The van der Waals surface area contributed by atoms with Crippen molar-refractivity contribution >= 4 is 12.0 Å². The molecule has 6 heteroatoms. The van der Waals surface area contributed by atoms with Crippen LogP contribution < -0.4 is 0 Å². The molecule has 1 unspecified atom stereocenters. The van der Waals surface area contributed by atoms with Gasteiger partial charge in [-0.15, -0.1) is 0 Å². The molecular weight excluding hydrogens is 260 g/mol. The highest BCUT2D eigenvalue weighted by Gasteiger charge is 2.33. The van der Waals surface area contributed by atoms with E-state index in [1.165, 1.54) is 0 Å². The van der Waals surface area contributed by atoms with Gasteiger partial charge in [-0.1, -0.05) is 0 Å². The number of aliphatic carboxylic acids is 1. The van der Waals surface area contributed by atoms with Crippen molar-refractivity contribution in [1.82, 2.24) is 9.80 Å². The van der Waals surface area contributed by atoms with Crippen LogP contribution in [0.25, 0.3) is 0 Å². The molecule has 1 atom stereocenters. The standard InChI is InChI=1S/C14H24N2O4/c1-15(9-10-6-12(17)7-10)14(20)16-5-3-2-4-11(16)8-13(18)19/h10-12,17H,2-9H2,1H3,(H,18,19). The number of carboxylic acid groups (broad SMARTS) is 1. The van der Waals surface area contributed by atoms with Gasteiger partial charge in [0.25, 0.3) is 0 Å². The Hall–Kier alpha value is -1.30. The number of carbonyl (C=O) groups is 2. The fourth-order valence-corrected chi connectivity index (χ4v) is 3.20. The Morgan fingerprint density at radius 2 is 2.00 bits per heavy atom.